The fraction of sp³-hybridized carbons (Fsp3) is 0.130. The summed E-state index contributed by atoms with van der Waals surface area (Å²) in [6, 6.07) is 20.6. The maximum Gasteiger partial charge on any atom is 0.255 e. The van der Waals surface area contributed by atoms with Gasteiger partial charge in [0, 0.05) is 29.9 Å². The summed E-state index contributed by atoms with van der Waals surface area (Å²) < 4.78 is 13.1. The van der Waals surface area contributed by atoms with Crippen molar-refractivity contribution in [2.45, 2.75) is 12.8 Å². The van der Waals surface area contributed by atoms with E-state index in [-0.39, 0.29) is 17.6 Å². The molecule has 3 aromatic carbocycles. The van der Waals surface area contributed by atoms with Crippen LogP contribution in [-0.2, 0) is 4.79 Å². The molecule has 4 rings (SSSR count). The lowest BCUT2D eigenvalue weighted by atomic mass is 10.0. The molecular formula is C23H19FN2O2. The average molecular weight is 374 g/mol. The first-order chi connectivity index (χ1) is 13.6. The van der Waals surface area contributed by atoms with E-state index in [1.54, 1.807) is 47.4 Å². The van der Waals surface area contributed by atoms with Gasteiger partial charge in [0.2, 0.25) is 5.91 Å². The van der Waals surface area contributed by atoms with Gasteiger partial charge in [0.1, 0.15) is 5.82 Å². The summed E-state index contributed by atoms with van der Waals surface area (Å²) in [5, 5.41) is 2.87. The maximum absolute atomic E-state index is 13.1. The lowest BCUT2D eigenvalue weighted by Crippen LogP contribution is -2.23. The van der Waals surface area contributed by atoms with Gasteiger partial charge in [-0.25, -0.2) is 4.39 Å². The highest BCUT2D eigenvalue weighted by molar-refractivity contribution is 6.05. The number of hydrogen-bond donors (Lipinski definition) is 1. The van der Waals surface area contributed by atoms with Crippen molar-refractivity contribution < 1.29 is 14.0 Å². The number of carbonyl (C=O) groups excluding carboxylic acids is 2. The first kappa shape index (κ1) is 17.9. The van der Waals surface area contributed by atoms with Gasteiger partial charge in [0.15, 0.2) is 0 Å². The number of benzene rings is 3. The van der Waals surface area contributed by atoms with Crippen LogP contribution in [0, 0.1) is 5.82 Å². The summed E-state index contributed by atoms with van der Waals surface area (Å²) in [5.41, 5.74) is 3.71. The normalized spacial score (nSPS) is 13.6. The van der Waals surface area contributed by atoms with E-state index in [2.05, 4.69) is 5.32 Å². The fourth-order valence-electron chi connectivity index (χ4n) is 3.33. The second kappa shape index (κ2) is 7.64. The maximum atomic E-state index is 13.1. The second-order valence-corrected chi connectivity index (χ2v) is 6.74. The zero-order valence-corrected chi connectivity index (χ0v) is 15.2. The summed E-state index contributed by atoms with van der Waals surface area (Å²) >= 11 is 0. The molecule has 3 aromatic rings. The Morgan fingerprint density at radius 1 is 0.929 bits per heavy atom. The minimum atomic E-state index is -0.295. The van der Waals surface area contributed by atoms with Crippen LogP contribution < -0.4 is 10.2 Å². The molecule has 1 saturated heterocycles. The second-order valence-electron chi connectivity index (χ2n) is 6.74. The van der Waals surface area contributed by atoms with Crippen molar-refractivity contribution in [3.05, 3.63) is 84.2 Å². The Morgan fingerprint density at radius 3 is 2.36 bits per heavy atom. The summed E-state index contributed by atoms with van der Waals surface area (Å²) in [6.45, 7) is 0.737. The Balaban J connectivity index is 1.48. The quantitative estimate of drug-likeness (QED) is 0.708. The molecule has 140 valence electrons. The van der Waals surface area contributed by atoms with Gasteiger partial charge in [-0.1, -0.05) is 24.3 Å². The molecule has 28 heavy (non-hydrogen) atoms. The highest BCUT2D eigenvalue weighted by Gasteiger charge is 2.21. The Bertz CT molecular complexity index is 1010. The molecule has 1 aliphatic heterocycles. The number of nitrogens with zero attached hydrogens (tertiary/aromatic N) is 1. The number of carbonyl (C=O) groups is 2. The van der Waals surface area contributed by atoms with Crippen molar-refractivity contribution in [3.8, 4) is 11.1 Å². The van der Waals surface area contributed by atoms with Crippen LogP contribution in [0.5, 0.6) is 0 Å². The number of amides is 2. The van der Waals surface area contributed by atoms with E-state index in [1.807, 2.05) is 18.2 Å². The Labute approximate surface area is 162 Å². The molecule has 0 bridgehead atoms. The van der Waals surface area contributed by atoms with Gasteiger partial charge < -0.3 is 10.2 Å². The third-order valence-corrected chi connectivity index (χ3v) is 4.81. The van der Waals surface area contributed by atoms with Crippen LogP contribution in [0.25, 0.3) is 11.1 Å². The first-order valence-electron chi connectivity index (χ1n) is 9.18. The van der Waals surface area contributed by atoms with E-state index >= 15 is 0 Å². The summed E-state index contributed by atoms with van der Waals surface area (Å²) in [7, 11) is 0. The van der Waals surface area contributed by atoms with Gasteiger partial charge in [-0.3, -0.25) is 9.59 Å². The Kier molecular flexibility index (Phi) is 4.89. The molecule has 0 spiro atoms. The molecule has 0 atom stereocenters. The van der Waals surface area contributed by atoms with Crippen LogP contribution >= 0.6 is 0 Å². The minimum Gasteiger partial charge on any atom is -0.322 e. The lowest BCUT2D eigenvalue weighted by Gasteiger charge is -2.16. The van der Waals surface area contributed by atoms with Crippen LogP contribution in [-0.4, -0.2) is 18.4 Å². The summed E-state index contributed by atoms with van der Waals surface area (Å²) in [4.78, 5) is 26.2. The largest absolute Gasteiger partial charge is 0.322 e. The van der Waals surface area contributed by atoms with Crippen LogP contribution in [0.4, 0.5) is 15.8 Å². The predicted octanol–water partition coefficient (Wildman–Crippen LogP) is 4.87. The van der Waals surface area contributed by atoms with E-state index in [1.165, 1.54) is 12.1 Å². The van der Waals surface area contributed by atoms with Gasteiger partial charge >= 0.3 is 0 Å². The van der Waals surface area contributed by atoms with Gasteiger partial charge in [-0.2, -0.15) is 0 Å². The van der Waals surface area contributed by atoms with Crippen molar-refractivity contribution in [1.29, 1.82) is 0 Å². The van der Waals surface area contributed by atoms with Gasteiger partial charge in [-0.05, 0) is 66.1 Å². The zero-order chi connectivity index (χ0) is 19.5. The molecule has 0 saturated carbocycles. The molecule has 1 N–H and O–H groups in total. The van der Waals surface area contributed by atoms with Gasteiger partial charge in [-0.15, -0.1) is 0 Å². The lowest BCUT2D eigenvalue weighted by molar-refractivity contribution is -0.117. The van der Waals surface area contributed by atoms with Crippen LogP contribution in [0.1, 0.15) is 23.2 Å². The van der Waals surface area contributed by atoms with Crippen LogP contribution in [0.2, 0.25) is 0 Å². The Morgan fingerprint density at radius 2 is 1.68 bits per heavy atom. The smallest absolute Gasteiger partial charge is 0.255 e. The molecule has 1 heterocycles. The van der Waals surface area contributed by atoms with Crippen LogP contribution in [0.15, 0.2) is 72.8 Å². The van der Waals surface area contributed by atoms with Crippen molar-refractivity contribution in [1.82, 2.24) is 0 Å². The topological polar surface area (TPSA) is 49.4 Å². The van der Waals surface area contributed by atoms with Crippen molar-refractivity contribution >= 4 is 23.2 Å². The SMILES string of the molecule is O=C(Nc1ccc(N2CCCC2=O)cc1)c1cccc(-c2ccc(F)cc2)c1. The van der Waals surface area contributed by atoms with E-state index in [4.69, 9.17) is 0 Å². The first-order valence-corrected chi connectivity index (χ1v) is 9.18. The Hall–Kier alpha value is -3.47. The number of hydrogen-bond acceptors (Lipinski definition) is 2. The zero-order valence-electron chi connectivity index (χ0n) is 15.2. The molecule has 1 fully saturated rings. The summed E-state index contributed by atoms with van der Waals surface area (Å²) in [6.07, 6.45) is 1.46. The molecule has 0 radical (unpaired) electrons. The summed E-state index contributed by atoms with van der Waals surface area (Å²) in [5.74, 6) is -0.389. The third-order valence-electron chi connectivity index (χ3n) is 4.81. The minimum absolute atomic E-state index is 0.134. The van der Waals surface area contributed by atoms with Crippen molar-refractivity contribution in [2.75, 3.05) is 16.8 Å². The molecule has 0 aliphatic carbocycles. The van der Waals surface area contributed by atoms with Crippen molar-refractivity contribution in [3.63, 3.8) is 0 Å². The average Bonchev–Trinajstić information content (AvgIpc) is 3.15. The number of nitrogens with one attached hydrogen (secondary N) is 1. The van der Waals surface area contributed by atoms with E-state index in [0.29, 0.717) is 17.7 Å². The van der Waals surface area contributed by atoms with Crippen LogP contribution in [0.3, 0.4) is 0 Å². The highest BCUT2D eigenvalue weighted by Crippen LogP contribution is 2.24. The van der Waals surface area contributed by atoms with E-state index < -0.39 is 0 Å². The van der Waals surface area contributed by atoms with Crippen molar-refractivity contribution in [2.24, 2.45) is 0 Å². The van der Waals surface area contributed by atoms with E-state index in [0.717, 1.165) is 29.8 Å². The van der Waals surface area contributed by atoms with Gasteiger partial charge in [0.25, 0.3) is 5.91 Å². The fourth-order valence-corrected chi connectivity index (χ4v) is 3.33. The molecule has 2 amide bonds. The van der Waals surface area contributed by atoms with Gasteiger partial charge in [0.05, 0.1) is 0 Å². The number of halogens is 1. The van der Waals surface area contributed by atoms with E-state index in [9.17, 15) is 14.0 Å². The molecule has 1 aliphatic rings. The molecule has 5 heteroatoms. The third kappa shape index (κ3) is 3.78. The molecule has 0 aromatic heterocycles. The predicted molar refractivity (Wildman–Crippen MR) is 108 cm³/mol. The monoisotopic (exact) mass is 374 g/mol. The number of rotatable bonds is 4. The standard InChI is InChI=1S/C23H19FN2O2/c24-19-8-6-16(7-9-19)17-3-1-4-18(15-17)23(28)25-20-10-12-21(13-11-20)26-14-2-5-22(26)27/h1,3-4,6-13,15H,2,5,14H2,(H,25,28). The number of anilines is 2. The molecular weight excluding hydrogens is 355 g/mol. The molecule has 4 nitrogen and oxygen atoms in total. The molecule has 0 unspecified atom stereocenters. The highest BCUT2D eigenvalue weighted by atomic mass is 19.1.